The van der Waals surface area contributed by atoms with Gasteiger partial charge < -0.3 is 9.64 Å². The summed E-state index contributed by atoms with van der Waals surface area (Å²) in [5, 5.41) is 0. The fourth-order valence-corrected chi connectivity index (χ4v) is 4.45. The Morgan fingerprint density at radius 1 is 1.42 bits per heavy atom. The minimum absolute atomic E-state index is 0.0326. The topological polar surface area (TPSA) is 93.6 Å². The molecule has 1 fully saturated rings. The van der Waals surface area contributed by atoms with E-state index in [1.807, 2.05) is 0 Å². The molecule has 2 heterocycles. The SMILES string of the molecule is CCN(C(=O)C(C)OC(=O)c1ccc(C)nc1)C1CCS(=O)(=O)C1. The third kappa shape index (κ3) is 4.31. The Labute approximate surface area is 141 Å². The highest BCUT2D eigenvalue weighted by Crippen LogP contribution is 2.19. The lowest BCUT2D eigenvalue weighted by molar-refractivity contribution is -0.141. The number of amides is 1. The summed E-state index contributed by atoms with van der Waals surface area (Å²) in [4.78, 5) is 30.1. The highest BCUT2D eigenvalue weighted by molar-refractivity contribution is 7.91. The van der Waals surface area contributed by atoms with Crippen LogP contribution in [0.2, 0.25) is 0 Å². The van der Waals surface area contributed by atoms with Crippen LogP contribution in [-0.2, 0) is 19.4 Å². The number of esters is 1. The third-order valence-electron chi connectivity index (χ3n) is 4.05. The van der Waals surface area contributed by atoms with E-state index in [2.05, 4.69) is 4.98 Å². The van der Waals surface area contributed by atoms with Crippen LogP contribution < -0.4 is 0 Å². The van der Waals surface area contributed by atoms with Crippen molar-refractivity contribution in [1.82, 2.24) is 9.88 Å². The van der Waals surface area contributed by atoms with E-state index in [1.165, 1.54) is 18.0 Å². The van der Waals surface area contributed by atoms with Gasteiger partial charge in [-0.1, -0.05) is 0 Å². The number of sulfone groups is 1. The van der Waals surface area contributed by atoms with Gasteiger partial charge in [0.05, 0.1) is 17.1 Å². The van der Waals surface area contributed by atoms with E-state index < -0.39 is 21.9 Å². The first-order chi connectivity index (χ1) is 11.2. The van der Waals surface area contributed by atoms with Crippen LogP contribution in [0.15, 0.2) is 18.3 Å². The zero-order chi connectivity index (χ0) is 17.9. The number of carbonyl (C=O) groups is 2. The van der Waals surface area contributed by atoms with Gasteiger partial charge in [-0.2, -0.15) is 0 Å². The van der Waals surface area contributed by atoms with Gasteiger partial charge in [0.15, 0.2) is 15.9 Å². The number of aryl methyl sites for hydroxylation is 1. The van der Waals surface area contributed by atoms with Crippen molar-refractivity contribution >= 4 is 21.7 Å². The average Bonchev–Trinajstić information content (AvgIpc) is 2.88. The second-order valence-electron chi connectivity index (χ2n) is 5.92. The summed E-state index contributed by atoms with van der Waals surface area (Å²) in [6.45, 7) is 5.44. The van der Waals surface area contributed by atoms with E-state index in [0.717, 1.165) is 5.69 Å². The highest BCUT2D eigenvalue weighted by atomic mass is 32.2. The van der Waals surface area contributed by atoms with Crippen molar-refractivity contribution in [2.45, 2.75) is 39.3 Å². The first kappa shape index (κ1) is 18.4. The fraction of sp³-hybridized carbons (Fsp3) is 0.562. The number of nitrogens with zero attached hydrogens (tertiary/aromatic N) is 2. The molecule has 0 spiro atoms. The molecule has 0 radical (unpaired) electrons. The molecule has 2 atom stereocenters. The Hall–Kier alpha value is -1.96. The van der Waals surface area contributed by atoms with Gasteiger partial charge in [-0.3, -0.25) is 9.78 Å². The molecule has 8 heteroatoms. The molecule has 2 rings (SSSR count). The summed E-state index contributed by atoms with van der Waals surface area (Å²) in [6.07, 6.45) is 0.836. The highest BCUT2D eigenvalue weighted by Gasteiger charge is 2.36. The smallest absolute Gasteiger partial charge is 0.340 e. The molecule has 1 saturated heterocycles. The summed E-state index contributed by atoms with van der Waals surface area (Å²) < 4.78 is 28.4. The molecule has 0 aliphatic carbocycles. The van der Waals surface area contributed by atoms with Crippen LogP contribution >= 0.6 is 0 Å². The van der Waals surface area contributed by atoms with E-state index in [1.54, 1.807) is 26.0 Å². The predicted octanol–water partition coefficient (Wildman–Crippen LogP) is 0.971. The molecule has 1 aliphatic heterocycles. The molecule has 1 amide bonds. The lowest BCUT2D eigenvalue weighted by Crippen LogP contribution is -2.46. The maximum absolute atomic E-state index is 12.5. The van der Waals surface area contributed by atoms with Crippen LogP contribution in [-0.4, -0.2) is 60.4 Å². The number of likely N-dealkylation sites (N-methyl/N-ethyl adjacent to an activating group) is 1. The van der Waals surface area contributed by atoms with E-state index >= 15 is 0 Å². The maximum atomic E-state index is 12.5. The van der Waals surface area contributed by atoms with Gasteiger partial charge in [0.25, 0.3) is 5.91 Å². The van der Waals surface area contributed by atoms with E-state index in [-0.39, 0.29) is 29.0 Å². The molecule has 132 valence electrons. The lowest BCUT2D eigenvalue weighted by Gasteiger charge is -2.29. The summed E-state index contributed by atoms with van der Waals surface area (Å²) in [5.74, 6) is -0.953. The van der Waals surface area contributed by atoms with Gasteiger partial charge >= 0.3 is 5.97 Å². The quantitative estimate of drug-likeness (QED) is 0.732. The van der Waals surface area contributed by atoms with E-state index in [4.69, 9.17) is 4.74 Å². The second-order valence-corrected chi connectivity index (χ2v) is 8.15. The van der Waals surface area contributed by atoms with Crippen molar-refractivity contribution in [3.63, 3.8) is 0 Å². The Kier molecular flexibility index (Phi) is 5.58. The number of carbonyl (C=O) groups excluding carboxylic acids is 2. The van der Waals surface area contributed by atoms with Crippen molar-refractivity contribution in [1.29, 1.82) is 0 Å². The molecular formula is C16H22N2O5S. The third-order valence-corrected chi connectivity index (χ3v) is 5.80. The maximum Gasteiger partial charge on any atom is 0.340 e. The normalized spacial score (nSPS) is 20.4. The summed E-state index contributed by atoms with van der Waals surface area (Å²) in [5.41, 5.74) is 1.04. The molecule has 0 saturated carbocycles. The summed E-state index contributed by atoms with van der Waals surface area (Å²) >= 11 is 0. The molecule has 24 heavy (non-hydrogen) atoms. The van der Waals surface area contributed by atoms with Gasteiger partial charge in [-0.25, -0.2) is 13.2 Å². The lowest BCUT2D eigenvalue weighted by atomic mass is 10.2. The van der Waals surface area contributed by atoms with Crippen molar-refractivity contribution in [3.05, 3.63) is 29.6 Å². The molecule has 0 aromatic carbocycles. The number of hydrogen-bond acceptors (Lipinski definition) is 6. The molecule has 1 aromatic heterocycles. The minimum atomic E-state index is -3.09. The second kappa shape index (κ2) is 7.29. The Balaban J connectivity index is 2.02. The fourth-order valence-electron chi connectivity index (χ4n) is 2.72. The first-order valence-corrected chi connectivity index (χ1v) is 9.70. The van der Waals surface area contributed by atoms with Crippen LogP contribution in [0.3, 0.4) is 0 Å². The Morgan fingerprint density at radius 2 is 2.12 bits per heavy atom. The van der Waals surface area contributed by atoms with Gasteiger partial charge in [-0.15, -0.1) is 0 Å². The number of ether oxygens (including phenoxy) is 1. The summed E-state index contributed by atoms with van der Waals surface area (Å²) in [7, 11) is -3.09. The van der Waals surface area contributed by atoms with E-state index in [9.17, 15) is 18.0 Å². The van der Waals surface area contributed by atoms with Gasteiger partial charge in [0.1, 0.15) is 0 Å². The predicted molar refractivity (Wildman–Crippen MR) is 88.3 cm³/mol. The molecular weight excluding hydrogens is 332 g/mol. The van der Waals surface area contributed by atoms with Crippen LogP contribution in [0.5, 0.6) is 0 Å². The zero-order valence-corrected chi connectivity index (χ0v) is 14.9. The van der Waals surface area contributed by atoms with Gasteiger partial charge in [-0.05, 0) is 39.3 Å². The molecule has 0 bridgehead atoms. The molecule has 1 aromatic rings. The van der Waals surface area contributed by atoms with Crippen molar-refractivity contribution in [2.24, 2.45) is 0 Å². The van der Waals surface area contributed by atoms with Crippen LogP contribution in [0.25, 0.3) is 0 Å². The minimum Gasteiger partial charge on any atom is -0.449 e. The molecule has 1 aliphatic rings. The van der Waals surface area contributed by atoms with Crippen molar-refractivity contribution < 1.29 is 22.7 Å². The number of rotatable bonds is 5. The van der Waals surface area contributed by atoms with Gasteiger partial charge in [0, 0.05) is 24.5 Å². The monoisotopic (exact) mass is 354 g/mol. The zero-order valence-electron chi connectivity index (χ0n) is 14.1. The van der Waals surface area contributed by atoms with Crippen LogP contribution in [0.1, 0.15) is 36.3 Å². The molecule has 2 unspecified atom stereocenters. The Bertz CT molecular complexity index is 714. The Morgan fingerprint density at radius 3 is 2.62 bits per heavy atom. The largest absolute Gasteiger partial charge is 0.449 e. The number of aromatic nitrogens is 1. The summed E-state index contributed by atoms with van der Waals surface area (Å²) in [6, 6.07) is 2.92. The van der Waals surface area contributed by atoms with Crippen molar-refractivity contribution in [2.75, 3.05) is 18.1 Å². The van der Waals surface area contributed by atoms with Crippen molar-refractivity contribution in [3.8, 4) is 0 Å². The number of pyridine rings is 1. The molecule has 0 N–H and O–H groups in total. The molecule has 7 nitrogen and oxygen atoms in total. The standard InChI is InChI=1S/C16H22N2O5S/c1-4-18(14-7-8-24(21,22)10-14)15(19)12(3)23-16(20)13-6-5-11(2)17-9-13/h5-6,9,12,14H,4,7-8,10H2,1-3H3. The van der Waals surface area contributed by atoms with E-state index in [0.29, 0.717) is 13.0 Å². The average molecular weight is 354 g/mol. The van der Waals surface area contributed by atoms with Crippen LogP contribution in [0.4, 0.5) is 0 Å². The van der Waals surface area contributed by atoms with Gasteiger partial charge in [0.2, 0.25) is 0 Å². The number of hydrogen-bond donors (Lipinski definition) is 0. The first-order valence-electron chi connectivity index (χ1n) is 7.88. The van der Waals surface area contributed by atoms with Crippen LogP contribution in [0, 0.1) is 6.92 Å².